The fraction of sp³-hybridized carbons (Fsp3) is 0.231. The molecule has 0 spiro atoms. The van der Waals surface area contributed by atoms with Crippen molar-refractivity contribution in [3.05, 3.63) is 103 Å². The van der Waals surface area contributed by atoms with Gasteiger partial charge in [-0.3, -0.25) is 24.3 Å². The minimum absolute atomic E-state index is 0.0341. The van der Waals surface area contributed by atoms with E-state index in [-0.39, 0.29) is 12.5 Å². The van der Waals surface area contributed by atoms with Crippen LogP contribution in [0.15, 0.2) is 70.8 Å². The van der Waals surface area contributed by atoms with Gasteiger partial charge in [0.25, 0.3) is 5.91 Å². The number of pyridine rings is 1. The highest BCUT2D eigenvalue weighted by Crippen LogP contribution is 2.35. The molecule has 0 saturated carbocycles. The summed E-state index contributed by atoms with van der Waals surface area (Å²) in [5.41, 5.74) is 1.79. The molecule has 0 bridgehead atoms. The molecule has 0 N–H and O–H groups in total. The van der Waals surface area contributed by atoms with Crippen LogP contribution >= 0.6 is 11.3 Å². The second kappa shape index (κ2) is 9.34. The van der Waals surface area contributed by atoms with Crippen molar-refractivity contribution in [2.75, 3.05) is 31.1 Å². The third kappa shape index (κ3) is 4.30. The number of hydrogen-bond acceptors (Lipinski definition) is 6. The van der Waals surface area contributed by atoms with Gasteiger partial charge in [-0.15, -0.1) is 11.3 Å². The van der Waals surface area contributed by atoms with Crippen LogP contribution in [0.4, 0.5) is 11.4 Å². The molecule has 0 aliphatic carbocycles. The number of aromatic nitrogens is 1. The van der Waals surface area contributed by atoms with Crippen molar-refractivity contribution in [2.24, 2.45) is 0 Å². The lowest BCUT2D eigenvalue weighted by molar-refractivity contribution is -0.385. The third-order valence-corrected chi connectivity index (χ3v) is 7.21. The Kier molecular flexibility index (Phi) is 6.08. The number of carbonyl (C=O) groups excluding carboxylic acids is 1. The standard InChI is InChI=1S/C26H24N4O4S/c1-18-9-10-21-20(16-18)23(27-11-13-28(14-12-27)25(31)22-8-5-15-35-22)24(30(33)34)26(32)29(21)17-19-6-3-2-4-7-19/h2-10,15-16H,11-14,17H2,1H3. The SMILES string of the molecule is Cc1ccc2c(c1)c(N1CCN(C(=O)c3cccs3)CC1)c([N+](=O)[O-])c(=O)n2Cc1ccccc1. The van der Waals surface area contributed by atoms with Crippen molar-refractivity contribution < 1.29 is 9.72 Å². The van der Waals surface area contributed by atoms with Crippen molar-refractivity contribution in [3.63, 3.8) is 0 Å². The number of amides is 1. The molecular formula is C26H24N4O4S. The number of fused-ring (bicyclic) bond motifs is 1. The first kappa shape index (κ1) is 22.8. The van der Waals surface area contributed by atoms with Crippen LogP contribution in [0.5, 0.6) is 0 Å². The monoisotopic (exact) mass is 488 g/mol. The molecule has 3 heterocycles. The highest BCUT2D eigenvalue weighted by atomic mass is 32.1. The Morgan fingerprint density at radius 1 is 1.03 bits per heavy atom. The van der Waals surface area contributed by atoms with E-state index in [1.807, 2.05) is 71.8 Å². The molecule has 35 heavy (non-hydrogen) atoms. The molecule has 0 unspecified atom stereocenters. The number of anilines is 1. The largest absolute Gasteiger partial charge is 0.362 e. The molecule has 0 radical (unpaired) electrons. The maximum atomic E-state index is 13.5. The van der Waals surface area contributed by atoms with Crippen molar-refractivity contribution >= 4 is 39.5 Å². The fourth-order valence-corrected chi connectivity index (χ4v) is 5.33. The Hall–Kier alpha value is -3.98. The van der Waals surface area contributed by atoms with Gasteiger partial charge in [-0.1, -0.05) is 48.0 Å². The normalized spacial score (nSPS) is 13.9. The summed E-state index contributed by atoms with van der Waals surface area (Å²) in [5, 5.41) is 14.8. The first-order valence-corrected chi connectivity index (χ1v) is 12.2. The van der Waals surface area contributed by atoms with Gasteiger partial charge in [0.05, 0.1) is 21.9 Å². The van der Waals surface area contributed by atoms with Crippen LogP contribution in [-0.4, -0.2) is 46.5 Å². The van der Waals surface area contributed by atoms with E-state index in [0.717, 1.165) is 11.1 Å². The van der Waals surface area contributed by atoms with Crippen molar-refractivity contribution in [2.45, 2.75) is 13.5 Å². The highest BCUT2D eigenvalue weighted by Gasteiger charge is 2.32. The van der Waals surface area contributed by atoms with E-state index in [2.05, 4.69) is 0 Å². The lowest BCUT2D eigenvalue weighted by Crippen LogP contribution is -2.49. The minimum atomic E-state index is -0.623. The average molecular weight is 489 g/mol. The summed E-state index contributed by atoms with van der Waals surface area (Å²) in [6, 6.07) is 18.8. The Morgan fingerprint density at radius 3 is 2.43 bits per heavy atom. The Balaban J connectivity index is 1.58. The molecule has 1 amide bonds. The van der Waals surface area contributed by atoms with E-state index >= 15 is 0 Å². The summed E-state index contributed by atoms with van der Waals surface area (Å²) < 4.78 is 1.49. The van der Waals surface area contributed by atoms with Crippen LogP contribution < -0.4 is 10.5 Å². The molecule has 0 atom stereocenters. The summed E-state index contributed by atoms with van der Waals surface area (Å²) in [4.78, 5) is 42.3. The maximum Gasteiger partial charge on any atom is 0.357 e. The van der Waals surface area contributed by atoms with Crippen LogP contribution in [0.1, 0.15) is 20.8 Å². The summed E-state index contributed by atoms with van der Waals surface area (Å²) in [6.45, 7) is 3.83. The van der Waals surface area contributed by atoms with E-state index in [0.29, 0.717) is 47.6 Å². The first-order chi connectivity index (χ1) is 16.9. The third-order valence-electron chi connectivity index (χ3n) is 6.35. The number of nitrogens with zero attached hydrogens (tertiary/aromatic N) is 4. The van der Waals surface area contributed by atoms with E-state index in [1.54, 1.807) is 11.0 Å². The zero-order valence-electron chi connectivity index (χ0n) is 19.2. The van der Waals surface area contributed by atoms with Crippen molar-refractivity contribution in [3.8, 4) is 0 Å². The predicted octanol–water partition coefficient (Wildman–Crippen LogP) is 4.29. The molecule has 1 saturated heterocycles. The number of piperazine rings is 1. The molecule has 1 aliphatic heterocycles. The van der Waals surface area contributed by atoms with E-state index in [4.69, 9.17) is 0 Å². The molecule has 9 heteroatoms. The van der Waals surface area contributed by atoms with E-state index < -0.39 is 16.2 Å². The number of aryl methyl sites for hydroxylation is 1. The maximum absolute atomic E-state index is 13.5. The second-order valence-corrected chi connectivity index (χ2v) is 9.56. The number of nitro groups is 1. The average Bonchev–Trinajstić information content (AvgIpc) is 3.40. The Labute approximate surface area is 205 Å². The lowest BCUT2D eigenvalue weighted by Gasteiger charge is -2.36. The molecule has 1 fully saturated rings. The van der Waals surface area contributed by atoms with Gasteiger partial charge in [-0.2, -0.15) is 0 Å². The molecule has 4 aromatic rings. The summed E-state index contributed by atoms with van der Waals surface area (Å²) in [6.07, 6.45) is 0. The lowest BCUT2D eigenvalue weighted by atomic mass is 10.1. The van der Waals surface area contributed by atoms with Gasteiger partial charge in [0, 0.05) is 31.6 Å². The Morgan fingerprint density at radius 2 is 1.77 bits per heavy atom. The van der Waals surface area contributed by atoms with Gasteiger partial charge in [0.1, 0.15) is 5.69 Å². The number of thiophene rings is 1. The van der Waals surface area contributed by atoms with Crippen LogP contribution in [0.2, 0.25) is 0 Å². The number of hydrogen-bond donors (Lipinski definition) is 0. The van der Waals surface area contributed by atoms with E-state index in [9.17, 15) is 19.7 Å². The van der Waals surface area contributed by atoms with Crippen LogP contribution in [0.3, 0.4) is 0 Å². The topological polar surface area (TPSA) is 88.7 Å². The molecule has 8 nitrogen and oxygen atoms in total. The Bertz CT molecular complexity index is 1460. The molecule has 2 aromatic carbocycles. The quantitative estimate of drug-likeness (QED) is 0.309. The van der Waals surface area contributed by atoms with Crippen LogP contribution in [0.25, 0.3) is 10.9 Å². The number of benzene rings is 2. The van der Waals surface area contributed by atoms with Crippen molar-refractivity contribution in [1.82, 2.24) is 9.47 Å². The summed E-state index contributed by atoms with van der Waals surface area (Å²) in [5.74, 6) is -0.0341. The van der Waals surface area contributed by atoms with Crippen LogP contribution in [-0.2, 0) is 6.54 Å². The van der Waals surface area contributed by atoms with Gasteiger partial charge in [-0.25, -0.2) is 0 Å². The highest BCUT2D eigenvalue weighted by molar-refractivity contribution is 7.12. The fourth-order valence-electron chi connectivity index (χ4n) is 4.64. The van der Waals surface area contributed by atoms with Crippen molar-refractivity contribution in [1.29, 1.82) is 0 Å². The second-order valence-electron chi connectivity index (χ2n) is 8.61. The summed E-state index contributed by atoms with van der Waals surface area (Å²) >= 11 is 1.40. The van der Waals surface area contributed by atoms with Gasteiger partial charge >= 0.3 is 11.2 Å². The number of carbonyl (C=O) groups is 1. The minimum Gasteiger partial charge on any atom is -0.362 e. The van der Waals surface area contributed by atoms with E-state index in [1.165, 1.54) is 15.9 Å². The molecule has 2 aromatic heterocycles. The molecule has 5 rings (SSSR count). The van der Waals surface area contributed by atoms with Gasteiger partial charge in [0.2, 0.25) is 0 Å². The first-order valence-electron chi connectivity index (χ1n) is 11.4. The zero-order chi connectivity index (χ0) is 24.5. The molecular weight excluding hydrogens is 464 g/mol. The predicted molar refractivity (Wildman–Crippen MR) is 138 cm³/mol. The number of rotatable bonds is 5. The zero-order valence-corrected chi connectivity index (χ0v) is 20.0. The molecule has 178 valence electrons. The van der Waals surface area contributed by atoms with Gasteiger partial charge in [0.15, 0.2) is 0 Å². The van der Waals surface area contributed by atoms with Gasteiger partial charge in [-0.05, 0) is 36.1 Å². The smallest absolute Gasteiger partial charge is 0.357 e. The summed E-state index contributed by atoms with van der Waals surface area (Å²) in [7, 11) is 0. The van der Waals surface area contributed by atoms with Crippen LogP contribution in [0, 0.1) is 17.0 Å². The molecule has 1 aliphatic rings. The van der Waals surface area contributed by atoms with Gasteiger partial charge < -0.3 is 9.80 Å².